The van der Waals surface area contributed by atoms with Crippen LogP contribution in [0, 0.1) is 11.8 Å². The summed E-state index contributed by atoms with van der Waals surface area (Å²) in [5, 5.41) is 8.91. The van der Waals surface area contributed by atoms with Crippen LogP contribution in [-0.4, -0.2) is 36.9 Å². The Morgan fingerprint density at radius 2 is 2.00 bits per heavy atom. The molecule has 130 valence electrons. The minimum Gasteiger partial charge on any atom is -0.497 e. The minimum absolute atomic E-state index is 0.0447. The lowest BCUT2D eigenvalue weighted by atomic mass is 10.1. The quantitative estimate of drug-likeness (QED) is 0.637. The predicted molar refractivity (Wildman–Crippen MR) is 91.2 cm³/mol. The molecule has 6 heteroatoms. The first-order chi connectivity index (χ1) is 12.2. The lowest BCUT2D eigenvalue weighted by Crippen LogP contribution is -2.07. The van der Waals surface area contributed by atoms with Gasteiger partial charge in [-0.05, 0) is 23.8 Å². The van der Waals surface area contributed by atoms with Crippen molar-refractivity contribution in [3.05, 3.63) is 53.3 Å². The maximum Gasteiger partial charge on any atom is 0.311 e. The van der Waals surface area contributed by atoms with Crippen LogP contribution in [0.1, 0.15) is 16.8 Å². The molecule has 0 fully saturated rings. The van der Waals surface area contributed by atoms with E-state index in [-0.39, 0.29) is 19.0 Å². The molecule has 2 rings (SSSR count). The number of aliphatic hydroxyl groups excluding tert-OH is 1. The second-order valence-corrected chi connectivity index (χ2v) is 5.02. The molecule has 0 unspecified atom stereocenters. The third kappa shape index (κ3) is 5.52. The molecule has 6 nitrogen and oxygen atoms in total. The van der Waals surface area contributed by atoms with Crippen LogP contribution in [0.3, 0.4) is 0 Å². The van der Waals surface area contributed by atoms with Gasteiger partial charge >= 0.3 is 5.97 Å². The van der Waals surface area contributed by atoms with Gasteiger partial charge in [-0.15, -0.1) is 0 Å². The first-order valence-electron chi connectivity index (χ1n) is 7.57. The molecule has 0 aliphatic carbocycles. The fourth-order valence-electron chi connectivity index (χ4n) is 2.03. The largest absolute Gasteiger partial charge is 0.497 e. The normalized spacial score (nSPS) is 9.72. The Morgan fingerprint density at radius 3 is 2.64 bits per heavy atom. The van der Waals surface area contributed by atoms with Crippen molar-refractivity contribution in [2.75, 3.05) is 20.8 Å². The van der Waals surface area contributed by atoms with Gasteiger partial charge in [0.05, 0.1) is 38.1 Å². The van der Waals surface area contributed by atoms with Gasteiger partial charge in [0, 0.05) is 0 Å². The second kappa shape index (κ2) is 9.30. The van der Waals surface area contributed by atoms with Crippen molar-refractivity contribution in [3.63, 3.8) is 0 Å². The average Bonchev–Trinajstić information content (AvgIpc) is 2.65. The molecule has 0 saturated heterocycles. The van der Waals surface area contributed by atoms with Gasteiger partial charge in [-0.3, -0.25) is 9.78 Å². The van der Waals surface area contributed by atoms with Crippen LogP contribution in [0.25, 0.3) is 0 Å². The molecule has 0 atom stereocenters. The van der Waals surface area contributed by atoms with Crippen LogP contribution in [0.15, 0.2) is 36.5 Å². The fourth-order valence-corrected chi connectivity index (χ4v) is 2.03. The Kier molecular flexibility index (Phi) is 6.81. The zero-order valence-corrected chi connectivity index (χ0v) is 14.1. The molecule has 25 heavy (non-hydrogen) atoms. The van der Waals surface area contributed by atoms with Gasteiger partial charge in [0.25, 0.3) is 0 Å². The van der Waals surface area contributed by atoms with Gasteiger partial charge in [0.2, 0.25) is 0 Å². The number of nitrogens with zero attached hydrogens (tertiary/aromatic N) is 1. The first kappa shape index (κ1) is 18.3. The smallest absolute Gasteiger partial charge is 0.311 e. The number of carbonyl (C=O) groups excluding carboxylic acids is 1. The monoisotopic (exact) mass is 341 g/mol. The van der Waals surface area contributed by atoms with Crippen molar-refractivity contribution < 1.29 is 24.1 Å². The molecule has 0 bridgehead atoms. The predicted octanol–water partition coefficient (Wildman–Crippen LogP) is 1.73. The highest BCUT2D eigenvalue weighted by Crippen LogP contribution is 2.20. The molecule has 1 aromatic heterocycles. The van der Waals surface area contributed by atoms with Gasteiger partial charge in [0.1, 0.15) is 19.0 Å². The van der Waals surface area contributed by atoms with Crippen LogP contribution in [0.5, 0.6) is 11.5 Å². The number of hydrogen-bond acceptors (Lipinski definition) is 6. The number of aromatic nitrogens is 1. The van der Waals surface area contributed by atoms with Gasteiger partial charge in [-0.2, -0.15) is 0 Å². The molecule has 1 heterocycles. The van der Waals surface area contributed by atoms with Crippen LogP contribution in [0.2, 0.25) is 0 Å². The number of hydrogen-bond donors (Lipinski definition) is 1. The van der Waals surface area contributed by atoms with Crippen LogP contribution in [0.4, 0.5) is 0 Å². The molecule has 1 N–H and O–H groups in total. The van der Waals surface area contributed by atoms with Crippen molar-refractivity contribution in [2.45, 2.75) is 13.0 Å². The van der Waals surface area contributed by atoms with Gasteiger partial charge in [-0.1, -0.05) is 24.0 Å². The number of methoxy groups -OCH3 is 2. The molecular formula is C19H19NO5. The molecule has 0 aliphatic heterocycles. The Labute approximate surface area is 146 Å². The number of esters is 1. The SMILES string of the molecule is COC(=O)Cc1cc(C#CCO)c(OCc2ccc(OC)cc2)cn1. The highest BCUT2D eigenvalue weighted by atomic mass is 16.5. The Hall–Kier alpha value is -3.04. The van der Waals surface area contributed by atoms with E-state index in [1.54, 1.807) is 13.2 Å². The van der Waals surface area contributed by atoms with E-state index in [0.29, 0.717) is 23.6 Å². The Bertz CT molecular complexity index is 775. The van der Waals surface area contributed by atoms with E-state index in [4.69, 9.17) is 14.6 Å². The van der Waals surface area contributed by atoms with Crippen molar-refractivity contribution in [2.24, 2.45) is 0 Å². The highest BCUT2D eigenvalue weighted by Gasteiger charge is 2.09. The van der Waals surface area contributed by atoms with Gasteiger partial charge in [-0.25, -0.2) is 0 Å². The summed E-state index contributed by atoms with van der Waals surface area (Å²) in [6, 6.07) is 9.16. The third-order valence-electron chi connectivity index (χ3n) is 3.33. The molecule has 0 radical (unpaired) electrons. The summed E-state index contributed by atoms with van der Waals surface area (Å²) < 4.78 is 15.5. The molecular weight excluding hydrogens is 322 g/mol. The standard InChI is InChI=1S/C19H19NO5/c1-23-17-7-5-14(6-8-17)13-25-18-12-20-16(11-19(22)24-2)10-15(18)4-3-9-21/h5-8,10,12,21H,9,11,13H2,1-2H3. The average molecular weight is 341 g/mol. The number of carbonyl (C=O) groups is 1. The minimum atomic E-state index is -0.388. The third-order valence-corrected chi connectivity index (χ3v) is 3.33. The molecule has 0 saturated carbocycles. The number of rotatable bonds is 6. The van der Waals surface area contributed by atoms with Crippen molar-refractivity contribution >= 4 is 5.97 Å². The summed E-state index contributed by atoms with van der Waals surface area (Å²) >= 11 is 0. The van der Waals surface area contributed by atoms with Crippen LogP contribution < -0.4 is 9.47 Å². The van der Waals surface area contributed by atoms with Crippen molar-refractivity contribution in [1.82, 2.24) is 4.98 Å². The molecule has 0 aliphatic rings. The van der Waals surface area contributed by atoms with Gasteiger partial charge in [0.15, 0.2) is 5.75 Å². The number of benzene rings is 1. The van der Waals surface area contributed by atoms with Crippen LogP contribution >= 0.6 is 0 Å². The van der Waals surface area contributed by atoms with E-state index in [0.717, 1.165) is 11.3 Å². The summed E-state index contributed by atoms with van der Waals surface area (Å²) in [7, 11) is 2.93. The summed E-state index contributed by atoms with van der Waals surface area (Å²) in [4.78, 5) is 15.6. The summed E-state index contributed by atoms with van der Waals surface area (Å²) in [5.41, 5.74) is 2.03. The maximum absolute atomic E-state index is 11.4. The Morgan fingerprint density at radius 1 is 1.24 bits per heavy atom. The molecule has 0 spiro atoms. The number of pyridine rings is 1. The topological polar surface area (TPSA) is 77.9 Å². The molecule has 1 aromatic carbocycles. The van der Waals surface area contributed by atoms with E-state index in [1.807, 2.05) is 24.3 Å². The van der Waals surface area contributed by atoms with E-state index >= 15 is 0 Å². The van der Waals surface area contributed by atoms with E-state index in [1.165, 1.54) is 13.3 Å². The maximum atomic E-state index is 11.4. The zero-order chi connectivity index (χ0) is 18.1. The van der Waals surface area contributed by atoms with Crippen molar-refractivity contribution in [1.29, 1.82) is 0 Å². The lowest BCUT2D eigenvalue weighted by Gasteiger charge is -2.10. The lowest BCUT2D eigenvalue weighted by molar-refractivity contribution is -0.139. The van der Waals surface area contributed by atoms with E-state index < -0.39 is 0 Å². The number of aliphatic hydroxyl groups is 1. The van der Waals surface area contributed by atoms with Crippen LogP contribution in [-0.2, 0) is 22.6 Å². The zero-order valence-electron chi connectivity index (χ0n) is 14.1. The first-order valence-corrected chi connectivity index (χ1v) is 7.57. The van der Waals surface area contributed by atoms with E-state index in [2.05, 4.69) is 21.6 Å². The van der Waals surface area contributed by atoms with E-state index in [9.17, 15) is 4.79 Å². The molecule has 2 aromatic rings. The number of ether oxygens (including phenoxy) is 3. The van der Waals surface area contributed by atoms with Gasteiger partial charge < -0.3 is 19.3 Å². The summed E-state index contributed by atoms with van der Waals surface area (Å²) in [6.07, 6.45) is 1.56. The van der Waals surface area contributed by atoms with Crippen molar-refractivity contribution in [3.8, 4) is 23.3 Å². The fraction of sp³-hybridized carbons (Fsp3) is 0.263. The molecule has 0 amide bonds. The Balaban J connectivity index is 2.15. The highest BCUT2D eigenvalue weighted by molar-refractivity contribution is 5.72. The summed E-state index contributed by atoms with van der Waals surface area (Å²) in [5.74, 6) is 6.25. The summed E-state index contributed by atoms with van der Waals surface area (Å²) in [6.45, 7) is 0.0579. The second-order valence-electron chi connectivity index (χ2n) is 5.02.